The van der Waals surface area contributed by atoms with E-state index in [-0.39, 0.29) is 6.04 Å². The number of furan rings is 1. The van der Waals surface area contributed by atoms with Gasteiger partial charge in [-0.1, -0.05) is 32.0 Å². The maximum Gasteiger partial charge on any atom is 0.134 e. The van der Waals surface area contributed by atoms with Crippen LogP contribution in [0.15, 0.2) is 39.4 Å². The monoisotopic (exact) mass is 299 g/mol. The Balaban J connectivity index is 2.21. The molecule has 2 aromatic heterocycles. The molecule has 0 spiro atoms. The lowest BCUT2D eigenvalue weighted by atomic mass is 9.95. The second-order valence-electron chi connectivity index (χ2n) is 5.29. The maximum absolute atomic E-state index is 6.08. The predicted octanol–water partition coefficient (Wildman–Crippen LogP) is 5.06. The van der Waals surface area contributed by atoms with Gasteiger partial charge in [-0.15, -0.1) is 0 Å². The normalized spacial score (nSPS) is 12.9. The number of para-hydroxylation sites is 1. The molecule has 3 rings (SSSR count). The van der Waals surface area contributed by atoms with Crippen LogP contribution in [0.1, 0.15) is 42.3 Å². The van der Waals surface area contributed by atoms with Gasteiger partial charge in [-0.3, -0.25) is 0 Å². The number of benzene rings is 1. The lowest BCUT2D eigenvalue weighted by Gasteiger charge is -2.19. The van der Waals surface area contributed by atoms with Gasteiger partial charge in [0.2, 0.25) is 0 Å². The third-order valence-electron chi connectivity index (χ3n) is 3.94. The first-order valence-electron chi connectivity index (χ1n) is 7.52. The highest BCUT2D eigenvalue weighted by molar-refractivity contribution is 7.08. The van der Waals surface area contributed by atoms with Crippen LogP contribution in [0.3, 0.4) is 0 Å². The standard InChI is InChI=1S/C18H21NOS/c1-4-15-17(13-8-6-7-9-16(13)20-15)18(19-5-2)14-11-21-10-12(14)3/h6-11,18-19H,4-5H2,1-3H3. The summed E-state index contributed by atoms with van der Waals surface area (Å²) in [6, 6.07) is 8.55. The van der Waals surface area contributed by atoms with Crippen LogP contribution >= 0.6 is 11.3 Å². The number of nitrogens with one attached hydrogen (secondary N) is 1. The molecule has 110 valence electrons. The van der Waals surface area contributed by atoms with Gasteiger partial charge in [0.25, 0.3) is 0 Å². The highest BCUT2D eigenvalue weighted by Crippen LogP contribution is 2.36. The van der Waals surface area contributed by atoms with E-state index in [1.165, 1.54) is 22.1 Å². The van der Waals surface area contributed by atoms with Gasteiger partial charge in [0.05, 0.1) is 6.04 Å². The van der Waals surface area contributed by atoms with Crippen LogP contribution in [0.4, 0.5) is 0 Å². The molecule has 3 aromatic rings. The predicted molar refractivity (Wildman–Crippen MR) is 90.2 cm³/mol. The molecule has 2 nitrogen and oxygen atoms in total. The van der Waals surface area contributed by atoms with Crippen molar-refractivity contribution in [2.45, 2.75) is 33.2 Å². The minimum Gasteiger partial charge on any atom is -0.461 e. The number of hydrogen-bond donors (Lipinski definition) is 1. The van der Waals surface area contributed by atoms with E-state index in [0.717, 1.165) is 24.3 Å². The fourth-order valence-electron chi connectivity index (χ4n) is 2.93. The molecule has 1 unspecified atom stereocenters. The summed E-state index contributed by atoms with van der Waals surface area (Å²) in [5.41, 5.74) is 5.00. The van der Waals surface area contributed by atoms with E-state index in [1.807, 2.05) is 6.07 Å². The zero-order valence-electron chi connectivity index (χ0n) is 12.8. The Morgan fingerprint density at radius 3 is 2.67 bits per heavy atom. The quantitative estimate of drug-likeness (QED) is 0.712. The topological polar surface area (TPSA) is 25.2 Å². The Morgan fingerprint density at radius 1 is 1.19 bits per heavy atom. The Bertz CT molecular complexity index is 741. The average molecular weight is 299 g/mol. The third kappa shape index (κ3) is 2.52. The highest BCUT2D eigenvalue weighted by Gasteiger charge is 2.24. The molecule has 0 saturated carbocycles. The average Bonchev–Trinajstić information content (AvgIpc) is 3.08. The molecule has 0 radical (unpaired) electrons. The van der Waals surface area contributed by atoms with Gasteiger partial charge in [0.15, 0.2) is 0 Å². The van der Waals surface area contributed by atoms with Gasteiger partial charge in [0, 0.05) is 17.4 Å². The van der Waals surface area contributed by atoms with Crippen molar-refractivity contribution in [1.82, 2.24) is 5.32 Å². The van der Waals surface area contributed by atoms with Gasteiger partial charge >= 0.3 is 0 Å². The lowest BCUT2D eigenvalue weighted by molar-refractivity contribution is 0.533. The lowest BCUT2D eigenvalue weighted by Crippen LogP contribution is -2.22. The number of rotatable bonds is 5. The Hall–Kier alpha value is -1.58. The SMILES string of the molecule is CCNC(c1cscc1C)c1c(CC)oc2ccccc12. The molecule has 21 heavy (non-hydrogen) atoms. The van der Waals surface area contributed by atoms with Crippen LogP contribution in [0.25, 0.3) is 11.0 Å². The number of hydrogen-bond acceptors (Lipinski definition) is 3. The van der Waals surface area contributed by atoms with Crippen LogP contribution in [-0.2, 0) is 6.42 Å². The summed E-state index contributed by atoms with van der Waals surface area (Å²) < 4.78 is 6.08. The third-order valence-corrected chi connectivity index (χ3v) is 4.81. The summed E-state index contributed by atoms with van der Waals surface area (Å²) in [5, 5.41) is 9.34. The molecule has 2 heterocycles. The summed E-state index contributed by atoms with van der Waals surface area (Å²) in [6.45, 7) is 7.43. The van der Waals surface area contributed by atoms with Crippen molar-refractivity contribution in [1.29, 1.82) is 0 Å². The van der Waals surface area contributed by atoms with Gasteiger partial charge in [-0.2, -0.15) is 11.3 Å². The second-order valence-corrected chi connectivity index (χ2v) is 6.03. The van der Waals surface area contributed by atoms with Gasteiger partial charge < -0.3 is 9.73 Å². The molecule has 1 atom stereocenters. The zero-order chi connectivity index (χ0) is 14.8. The Labute approximate surface area is 129 Å². The largest absolute Gasteiger partial charge is 0.461 e. The second kappa shape index (κ2) is 6.04. The number of aryl methyl sites for hydroxylation is 2. The minimum absolute atomic E-state index is 0.208. The smallest absolute Gasteiger partial charge is 0.134 e. The Kier molecular flexibility index (Phi) is 4.13. The summed E-state index contributed by atoms with van der Waals surface area (Å²) in [5.74, 6) is 1.09. The maximum atomic E-state index is 6.08. The van der Waals surface area contributed by atoms with Gasteiger partial charge in [-0.05, 0) is 41.4 Å². The summed E-state index contributed by atoms with van der Waals surface area (Å²) in [4.78, 5) is 0. The molecule has 3 heteroatoms. The molecule has 0 saturated heterocycles. The first-order valence-corrected chi connectivity index (χ1v) is 8.46. The van der Waals surface area contributed by atoms with Crippen molar-refractivity contribution in [3.8, 4) is 0 Å². The zero-order valence-corrected chi connectivity index (χ0v) is 13.6. The molecule has 1 aromatic carbocycles. The molecule has 1 N–H and O–H groups in total. The van der Waals surface area contributed by atoms with E-state index < -0.39 is 0 Å². The summed E-state index contributed by atoms with van der Waals surface area (Å²) in [6.07, 6.45) is 0.912. The molecule has 0 aliphatic rings. The van der Waals surface area contributed by atoms with Crippen LogP contribution in [0, 0.1) is 6.92 Å². The van der Waals surface area contributed by atoms with Crippen LogP contribution in [0.5, 0.6) is 0 Å². The van der Waals surface area contributed by atoms with E-state index >= 15 is 0 Å². The molecule has 0 aliphatic heterocycles. The Morgan fingerprint density at radius 2 is 2.00 bits per heavy atom. The molecular formula is C18H21NOS. The van der Waals surface area contributed by atoms with Crippen molar-refractivity contribution in [2.75, 3.05) is 6.54 Å². The first kappa shape index (κ1) is 14.4. The van der Waals surface area contributed by atoms with E-state index in [1.54, 1.807) is 11.3 Å². The van der Waals surface area contributed by atoms with Crippen LogP contribution in [0.2, 0.25) is 0 Å². The summed E-state index contributed by atoms with van der Waals surface area (Å²) in [7, 11) is 0. The summed E-state index contributed by atoms with van der Waals surface area (Å²) >= 11 is 1.77. The first-order chi connectivity index (χ1) is 10.3. The van der Waals surface area contributed by atoms with Gasteiger partial charge in [0.1, 0.15) is 11.3 Å². The fourth-order valence-corrected chi connectivity index (χ4v) is 3.81. The van der Waals surface area contributed by atoms with Gasteiger partial charge in [-0.25, -0.2) is 0 Å². The van der Waals surface area contributed by atoms with E-state index in [4.69, 9.17) is 4.42 Å². The molecule has 0 amide bonds. The molecular weight excluding hydrogens is 278 g/mol. The number of thiophene rings is 1. The van der Waals surface area contributed by atoms with Crippen molar-refractivity contribution < 1.29 is 4.42 Å². The van der Waals surface area contributed by atoms with E-state index in [0.29, 0.717) is 0 Å². The van der Waals surface area contributed by atoms with E-state index in [9.17, 15) is 0 Å². The molecule has 0 bridgehead atoms. The van der Waals surface area contributed by atoms with Crippen molar-refractivity contribution in [3.63, 3.8) is 0 Å². The minimum atomic E-state index is 0.208. The van der Waals surface area contributed by atoms with Crippen molar-refractivity contribution in [2.24, 2.45) is 0 Å². The molecule has 0 fully saturated rings. The molecule has 0 aliphatic carbocycles. The fraction of sp³-hybridized carbons (Fsp3) is 0.333. The van der Waals surface area contributed by atoms with Crippen molar-refractivity contribution >= 4 is 22.3 Å². The number of fused-ring (bicyclic) bond motifs is 1. The highest BCUT2D eigenvalue weighted by atomic mass is 32.1. The van der Waals surface area contributed by atoms with Crippen molar-refractivity contribution in [3.05, 3.63) is 57.5 Å². The van der Waals surface area contributed by atoms with E-state index in [2.05, 4.69) is 55.0 Å². The van der Waals surface area contributed by atoms with Crippen LogP contribution < -0.4 is 5.32 Å². The van der Waals surface area contributed by atoms with Crippen LogP contribution in [-0.4, -0.2) is 6.54 Å².